The molecule has 6 nitrogen and oxygen atoms in total. The lowest BCUT2D eigenvalue weighted by Crippen LogP contribution is -2.40. The number of rotatable bonds is 15. The van der Waals surface area contributed by atoms with Gasteiger partial charge in [-0.1, -0.05) is 58.3 Å². The monoisotopic (exact) mass is 357 g/mol. The van der Waals surface area contributed by atoms with Crippen LogP contribution in [0.1, 0.15) is 85.0 Å². The van der Waals surface area contributed by atoms with Crippen LogP contribution >= 0.6 is 0 Å². The first kappa shape index (κ1) is 23.4. The molecule has 0 aliphatic rings. The number of ether oxygens (including phenoxy) is 1. The fraction of sp³-hybridized carbons (Fsp3) is 0.842. The largest absolute Gasteiger partial charge is 0.480 e. The van der Waals surface area contributed by atoms with E-state index in [0.717, 1.165) is 24.2 Å². The van der Waals surface area contributed by atoms with Crippen LogP contribution in [0.3, 0.4) is 0 Å². The molecule has 0 aliphatic heterocycles. The highest BCUT2D eigenvalue weighted by molar-refractivity contribution is 5.85. The van der Waals surface area contributed by atoms with E-state index in [0.29, 0.717) is 0 Å². The van der Waals surface area contributed by atoms with Crippen LogP contribution in [-0.4, -0.2) is 47.0 Å². The van der Waals surface area contributed by atoms with E-state index in [1.165, 1.54) is 38.5 Å². The third kappa shape index (κ3) is 14.5. The highest BCUT2D eigenvalue weighted by atomic mass is 16.5. The van der Waals surface area contributed by atoms with Gasteiger partial charge in [-0.2, -0.15) is 0 Å². The number of hydrogen-bond acceptors (Lipinski definition) is 4. The van der Waals surface area contributed by atoms with E-state index in [-0.39, 0.29) is 25.0 Å². The molecule has 0 heterocycles. The summed E-state index contributed by atoms with van der Waals surface area (Å²) in [5.41, 5.74) is 0. The molecule has 0 bridgehead atoms. The van der Waals surface area contributed by atoms with Crippen molar-refractivity contribution in [3.8, 4) is 0 Å². The lowest BCUT2D eigenvalue weighted by molar-refractivity contribution is -0.154. The second kappa shape index (κ2) is 14.7. The Kier molecular flexibility index (Phi) is 13.8. The average Bonchev–Trinajstić information content (AvgIpc) is 2.51. The predicted octanol–water partition coefficient (Wildman–Crippen LogP) is 3.77. The van der Waals surface area contributed by atoms with Crippen molar-refractivity contribution in [1.29, 1.82) is 0 Å². The topological polar surface area (TPSA) is 83.9 Å². The highest BCUT2D eigenvalue weighted by Gasteiger charge is 2.20. The van der Waals surface area contributed by atoms with Gasteiger partial charge in [-0.3, -0.25) is 14.4 Å². The summed E-state index contributed by atoms with van der Waals surface area (Å²) < 4.78 is 4.98. The van der Waals surface area contributed by atoms with Gasteiger partial charge in [-0.05, 0) is 20.3 Å². The lowest BCUT2D eigenvalue weighted by atomic mass is 10.1. The molecule has 0 aromatic rings. The van der Waals surface area contributed by atoms with E-state index in [9.17, 15) is 14.4 Å². The van der Waals surface area contributed by atoms with Crippen LogP contribution in [0.5, 0.6) is 0 Å². The molecular formula is C19H35NO5. The first-order chi connectivity index (χ1) is 11.9. The fourth-order valence-corrected chi connectivity index (χ4v) is 2.60. The zero-order valence-electron chi connectivity index (χ0n) is 16.1. The van der Waals surface area contributed by atoms with Gasteiger partial charge >= 0.3 is 11.9 Å². The van der Waals surface area contributed by atoms with Crippen molar-refractivity contribution < 1.29 is 24.2 Å². The SMILES string of the molecule is CCCCCCCCCCCC(=O)N(CC(=O)O)CC(=O)OC(C)C. The smallest absolute Gasteiger partial charge is 0.325 e. The van der Waals surface area contributed by atoms with E-state index in [1.807, 2.05) is 0 Å². The van der Waals surface area contributed by atoms with Crippen molar-refractivity contribution in [2.75, 3.05) is 13.1 Å². The number of carbonyl (C=O) groups is 3. The molecule has 0 aromatic carbocycles. The molecule has 0 spiro atoms. The molecule has 1 N–H and O–H groups in total. The lowest BCUT2D eigenvalue weighted by Gasteiger charge is -2.20. The summed E-state index contributed by atoms with van der Waals surface area (Å²) in [6.07, 6.45) is 10.3. The summed E-state index contributed by atoms with van der Waals surface area (Å²) in [6, 6.07) is 0. The van der Waals surface area contributed by atoms with Gasteiger partial charge in [0, 0.05) is 6.42 Å². The number of carboxylic acids is 1. The van der Waals surface area contributed by atoms with Crippen LogP contribution in [-0.2, 0) is 19.1 Å². The molecule has 0 fully saturated rings. The maximum atomic E-state index is 12.2. The van der Waals surface area contributed by atoms with Crippen molar-refractivity contribution in [2.45, 2.75) is 91.1 Å². The Balaban J connectivity index is 4.01. The number of hydrogen-bond donors (Lipinski definition) is 1. The molecule has 1 amide bonds. The van der Waals surface area contributed by atoms with Gasteiger partial charge in [-0.15, -0.1) is 0 Å². The number of nitrogens with zero attached hydrogens (tertiary/aromatic N) is 1. The van der Waals surface area contributed by atoms with Gasteiger partial charge in [0.05, 0.1) is 6.10 Å². The molecular weight excluding hydrogens is 322 g/mol. The summed E-state index contributed by atoms with van der Waals surface area (Å²) in [4.78, 5) is 35.8. The van der Waals surface area contributed by atoms with Gasteiger partial charge in [-0.25, -0.2) is 0 Å². The molecule has 0 aromatic heterocycles. The molecule has 0 unspecified atom stereocenters. The summed E-state index contributed by atoms with van der Waals surface area (Å²) >= 11 is 0. The van der Waals surface area contributed by atoms with Gasteiger partial charge < -0.3 is 14.7 Å². The van der Waals surface area contributed by atoms with E-state index in [1.54, 1.807) is 13.8 Å². The normalized spacial score (nSPS) is 10.7. The molecule has 0 rings (SSSR count). The van der Waals surface area contributed by atoms with Crippen LogP contribution in [0.2, 0.25) is 0 Å². The first-order valence-corrected chi connectivity index (χ1v) is 9.55. The third-order valence-corrected chi connectivity index (χ3v) is 3.86. The van der Waals surface area contributed by atoms with Crippen LogP contribution in [0.15, 0.2) is 0 Å². The summed E-state index contributed by atoms with van der Waals surface area (Å²) in [5.74, 6) is -2.00. The van der Waals surface area contributed by atoms with E-state index >= 15 is 0 Å². The molecule has 0 radical (unpaired) electrons. The minimum atomic E-state index is -1.13. The Morgan fingerprint density at radius 2 is 1.40 bits per heavy atom. The number of aliphatic carboxylic acids is 1. The van der Waals surface area contributed by atoms with Crippen molar-refractivity contribution in [3.63, 3.8) is 0 Å². The third-order valence-electron chi connectivity index (χ3n) is 3.86. The van der Waals surface area contributed by atoms with E-state index < -0.39 is 18.5 Å². The van der Waals surface area contributed by atoms with E-state index in [4.69, 9.17) is 9.84 Å². The summed E-state index contributed by atoms with van der Waals surface area (Å²) in [5, 5.41) is 8.91. The minimum Gasteiger partial charge on any atom is -0.480 e. The highest BCUT2D eigenvalue weighted by Crippen LogP contribution is 2.11. The number of unbranched alkanes of at least 4 members (excludes halogenated alkanes) is 8. The summed E-state index contributed by atoms with van der Waals surface area (Å²) in [6.45, 7) is 4.85. The standard InChI is InChI=1S/C19H35NO5/c1-4-5-6-7-8-9-10-11-12-13-17(21)20(14-18(22)23)15-19(24)25-16(2)3/h16H,4-15H2,1-3H3,(H,22,23). The zero-order chi connectivity index (χ0) is 19.1. The average molecular weight is 357 g/mol. The Labute approximate surface area is 151 Å². The Hall–Kier alpha value is -1.59. The second-order valence-electron chi connectivity index (χ2n) is 6.76. The van der Waals surface area contributed by atoms with Crippen LogP contribution in [0.4, 0.5) is 0 Å². The Bertz CT molecular complexity index is 395. The van der Waals surface area contributed by atoms with Crippen LogP contribution in [0, 0.1) is 0 Å². The van der Waals surface area contributed by atoms with Crippen molar-refractivity contribution in [1.82, 2.24) is 4.90 Å². The number of carbonyl (C=O) groups excluding carboxylic acids is 2. The maximum absolute atomic E-state index is 12.2. The quantitative estimate of drug-likeness (QED) is 0.356. The maximum Gasteiger partial charge on any atom is 0.325 e. The van der Waals surface area contributed by atoms with Gasteiger partial charge in [0.25, 0.3) is 0 Å². The molecule has 0 saturated carbocycles. The second-order valence-corrected chi connectivity index (χ2v) is 6.76. The van der Waals surface area contributed by atoms with Gasteiger partial charge in [0.2, 0.25) is 5.91 Å². The molecule has 6 heteroatoms. The van der Waals surface area contributed by atoms with Crippen molar-refractivity contribution >= 4 is 17.8 Å². The van der Waals surface area contributed by atoms with Crippen LogP contribution < -0.4 is 0 Å². The molecule has 0 aliphatic carbocycles. The molecule has 146 valence electrons. The number of esters is 1. The molecule has 25 heavy (non-hydrogen) atoms. The predicted molar refractivity (Wildman–Crippen MR) is 97.3 cm³/mol. The fourth-order valence-electron chi connectivity index (χ4n) is 2.60. The van der Waals surface area contributed by atoms with Crippen molar-refractivity contribution in [2.24, 2.45) is 0 Å². The van der Waals surface area contributed by atoms with E-state index in [2.05, 4.69) is 6.92 Å². The number of amides is 1. The number of carboxylic acid groups (broad SMARTS) is 1. The first-order valence-electron chi connectivity index (χ1n) is 9.55. The van der Waals surface area contributed by atoms with Crippen LogP contribution in [0.25, 0.3) is 0 Å². The summed E-state index contributed by atoms with van der Waals surface area (Å²) in [7, 11) is 0. The minimum absolute atomic E-state index is 0.276. The molecule has 0 atom stereocenters. The Morgan fingerprint density at radius 3 is 1.88 bits per heavy atom. The van der Waals surface area contributed by atoms with Crippen molar-refractivity contribution in [3.05, 3.63) is 0 Å². The van der Waals surface area contributed by atoms with Gasteiger partial charge in [0.1, 0.15) is 13.1 Å². The molecule has 0 saturated heterocycles. The Morgan fingerprint density at radius 1 is 0.880 bits per heavy atom. The van der Waals surface area contributed by atoms with Gasteiger partial charge in [0.15, 0.2) is 0 Å². The zero-order valence-corrected chi connectivity index (χ0v) is 16.1.